The van der Waals surface area contributed by atoms with Crippen LogP contribution in [0.25, 0.3) is 36.8 Å². The van der Waals surface area contributed by atoms with E-state index >= 15 is 0 Å². The number of hydrogen-bond donors (Lipinski definition) is 0. The molecule has 0 atom stereocenters. The van der Waals surface area contributed by atoms with Crippen LogP contribution in [0.1, 0.15) is 56.7 Å². The minimum absolute atomic E-state index is 0.161. The Kier molecular flexibility index (Phi) is 10.7. The second kappa shape index (κ2) is 16.0. The number of benzene rings is 4. The SMILES string of the molecule is O=C([O-])c1ccc(C2=C/C(=C/C=C3C=C(/C=C/c4cc(-c5ccccc5)[s+]c(-c5ccc(C(=O)[O-])cc5)c4)CCC/3)C=C(c3ccccc3)S2)cc1. The Morgan fingerprint density at radius 2 is 1.10 bits per heavy atom. The zero-order valence-corrected chi connectivity index (χ0v) is 29.8. The number of carbonyl (C=O) groups is 2. The highest BCUT2D eigenvalue weighted by Crippen LogP contribution is 2.44. The predicted molar refractivity (Wildman–Crippen MR) is 212 cm³/mol. The number of thioether (sulfide) groups is 1. The normalized spacial score (nSPS) is 16.0. The molecule has 0 bridgehead atoms. The number of carbonyl (C=O) groups excluding carboxylic acids is 2. The van der Waals surface area contributed by atoms with Crippen molar-refractivity contribution in [2.45, 2.75) is 19.3 Å². The molecule has 254 valence electrons. The summed E-state index contributed by atoms with van der Waals surface area (Å²) >= 11 is 3.35. The van der Waals surface area contributed by atoms with Crippen molar-refractivity contribution in [2.75, 3.05) is 0 Å². The quantitative estimate of drug-likeness (QED) is 0.142. The van der Waals surface area contributed by atoms with Crippen LogP contribution in [0.3, 0.4) is 0 Å². The summed E-state index contributed by atoms with van der Waals surface area (Å²) in [5, 5.41) is 22.7. The minimum Gasteiger partial charge on any atom is -0.545 e. The Bertz CT molecular complexity index is 2310. The van der Waals surface area contributed by atoms with E-state index in [2.05, 4.69) is 78.9 Å². The number of allylic oxidation sites excluding steroid dienone is 9. The number of rotatable bonds is 9. The molecule has 1 aromatic heterocycles. The first kappa shape index (κ1) is 34.6. The number of carboxylic acids is 2. The predicted octanol–water partition coefficient (Wildman–Crippen LogP) is 9.90. The van der Waals surface area contributed by atoms with Crippen LogP contribution in [0.5, 0.6) is 0 Å². The van der Waals surface area contributed by atoms with E-state index in [1.54, 1.807) is 47.4 Å². The lowest BCUT2D eigenvalue weighted by Crippen LogP contribution is -2.21. The average molecular weight is 714 g/mol. The van der Waals surface area contributed by atoms with E-state index < -0.39 is 11.9 Å². The van der Waals surface area contributed by atoms with Crippen LogP contribution in [0.15, 0.2) is 175 Å². The van der Waals surface area contributed by atoms with Crippen LogP contribution in [0.2, 0.25) is 0 Å². The van der Waals surface area contributed by atoms with Crippen molar-refractivity contribution >= 4 is 50.9 Å². The molecule has 0 unspecified atom stereocenters. The third-order valence-electron chi connectivity index (χ3n) is 8.84. The number of hydrogen-bond acceptors (Lipinski definition) is 5. The molecule has 0 saturated heterocycles. The second-order valence-corrected chi connectivity index (χ2v) is 14.7. The van der Waals surface area contributed by atoms with Crippen molar-refractivity contribution in [2.24, 2.45) is 0 Å². The molecule has 0 saturated carbocycles. The van der Waals surface area contributed by atoms with E-state index in [1.807, 2.05) is 60.7 Å². The summed E-state index contributed by atoms with van der Waals surface area (Å²) in [6.07, 6.45) is 18.4. The summed E-state index contributed by atoms with van der Waals surface area (Å²) < 4.78 is 0. The molecule has 5 aromatic rings. The number of aromatic carboxylic acids is 2. The maximum absolute atomic E-state index is 11.3. The first-order valence-corrected chi connectivity index (χ1v) is 18.6. The molecule has 7 rings (SSSR count). The largest absolute Gasteiger partial charge is 0.545 e. The molecule has 0 radical (unpaired) electrons. The van der Waals surface area contributed by atoms with Gasteiger partial charge in [-0.1, -0.05) is 127 Å². The van der Waals surface area contributed by atoms with Crippen molar-refractivity contribution in [3.63, 3.8) is 0 Å². The van der Waals surface area contributed by atoms with Gasteiger partial charge in [0, 0.05) is 33.1 Å². The summed E-state index contributed by atoms with van der Waals surface area (Å²) in [5.74, 6) is -2.37. The van der Waals surface area contributed by atoms with Crippen LogP contribution in [-0.4, -0.2) is 11.9 Å². The molecule has 52 heavy (non-hydrogen) atoms. The van der Waals surface area contributed by atoms with Gasteiger partial charge in [-0.2, -0.15) is 0 Å². The standard InChI is InChI=1S/C46H34O4S2/c47-45(48)39-22-18-37(19-23-39)43-29-33(27-41(51-43)35-10-3-1-4-11-35)16-14-31-8-7-9-32(26-31)15-17-34-28-42(36-12-5-2-6-13-36)52-44(30-34)38-20-24-40(25-21-38)46(49)50/h1-6,10-30H,7-9H2,(H-,47,48,49,50)/p-1. The molecule has 1 aliphatic carbocycles. The van der Waals surface area contributed by atoms with Gasteiger partial charge in [-0.15, -0.1) is 0 Å². The zero-order chi connectivity index (χ0) is 35.9. The molecule has 6 heteroatoms. The molecule has 1 aliphatic heterocycles. The highest BCUT2D eigenvalue weighted by molar-refractivity contribution is 8.16. The van der Waals surface area contributed by atoms with Crippen molar-refractivity contribution in [3.05, 3.63) is 202 Å². The molecule has 2 heterocycles. The van der Waals surface area contributed by atoms with Gasteiger partial charge in [0.2, 0.25) is 21.1 Å². The van der Waals surface area contributed by atoms with Crippen LogP contribution >= 0.6 is 23.1 Å². The number of carboxylic acid groups (broad SMARTS) is 2. The first-order valence-electron chi connectivity index (χ1n) is 17.0. The van der Waals surface area contributed by atoms with E-state index in [-0.39, 0.29) is 11.1 Å². The van der Waals surface area contributed by atoms with Crippen LogP contribution in [-0.2, 0) is 0 Å². The Morgan fingerprint density at radius 1 is 0.577 bits per heavy atom. The zero-order valence-electron chi connectivity index (χ0n) is 28.2. The lowest BCUT2D eigenvalue weighted by atomic mass is 9.94. The molecule has 0 fully saturated rings. The smallest absolute Gasteiger partial charge is 0.239 e. The van der Waals surface area contributed by atoms with Gasteiger partial charge in [0.1, 0.15) is 0 Å². The van der Waals surface area contributed by atoms with E-state index in [1.165, 1.54) is 11.1 Å². The molecular weight excluding hydrogens is 681 g/mol. The van der Waals surface area contributed by atoms with Gasteiger partial charge < -0.3 is 19.8 Å². The Labute approximate surface area is 311 Å². The molecule has 4 nitrogen and oxygen atoms in total. The van der Waals surface area contributed by atoms with Gasteiger partial charge in [-0.25, -0.2) is 0 Å². The first-order chi connectivity index (χ1) is 25.4. The van der Waals surface area contributed by atoms with E-state index in [4.69, 9.17) is 0 Å². The van der Waals surface area contributed by atoms with Gasteiger partial charge in [0.25, 0.3) is 0 Å². The van der Waals surface area contributed by atoms with Crippen molar-refractivity contribution in [1.82, 2.24) is 0 Å². The second-order valence-electron chi connectivity index (χ2n) is 12.5. The van der Waals surface area contributed by atoms with Crippen LogP contribution in [0.4, 0.5) is 0 Å². The van der Waals surface area contributed by atoms with Gasteiger partial charge in [-0.3, -0.25) is 0 Å². The summed E-state index contributed by atoms with van der Waals surface area (Å²) in [6.45, 7) is 0. The molecule has 0 N–H and O–H groups in total. The Balaban J connectivity index is 1.18. The summed E-state index contributed by atoms with van der Waals surface area (Å²) in [4.78, 5) is 27.0. The highest BCUT2D eigenvalue weighted by Gasteiger charge is 2.19. The lowest BCUT2D eigenvalue weighted by molar-refractivity contribution is -0.256. The molecular formula is C46H33O4S2-. The van der Waals surface area contributed by atoms with Crippen molar-refractivity contribution < 1.29 is 19.8 Å². The molecule has 0 spiro atoms. The Hall–Kier alpha value is -5.82. The fraction of sp³-hybridized carbons (Fsp3) is 0.0652. The van der Waals surface area contributed by atoms with Gasteiger partial charge >= 0.3 is 0 Å². The summed E-state index contributed by atoms with van der Waals surface area (Å²) in [5.41, 5.74) is 9.14. The van der Waals surface area contributed by atoms with Gasteiger partial charge in [-0.05, 0) is 100 Å². The van der Waals surface area contributed by atoms with Crippen molar-refractivity contribution in [3.8, 4) is 20.9 Å². The third-order valence-corrected chi connectivity index (χ3v) is 11.1. The van der Waals surface area contributed by atoms with Crippen LogP contribution in [0, 0.1) is 0 Å². The molecule has 2 aliphatic rings. The van der Waals surface area contributed by atoms with Crippen LogP contribution < -0.4 is 10.2 Å². The maximum Gasteiger partial charge on any atom is 0.239 e. The molecule has 0 amide bonds. The lowest BCUT2D eigenvalue weighted by Gasteiger charge is -2.18. The summed E-state index contributed by atoms with van der Waals surface area (Å²) in [6, 6.07) is 38.6. The summed E-state index contributed by atoms with van der Waals surface area (Å²) in [7, 11) is 0. The van der Waals surface area contributed by atoms with Crippen molar-refractivity contribution in [1.29, 1.82) is 0 Å². The fourth-order valence-corrected chi connectivity index (χ4v) is 8.37. The monoisotopic (exact) mass is 713 g/mol. The highest BCUT2D eigenvalue weighted by atomic mass is 32.2. The van der Waals surface area contributed by atoms with Gasteiger partial charge in [0.05, 0.1) is 11.9 Å². The van der Waals surface area contributed by atoms with E-state index in [9.17, 15) is 19.8 Å². The average Bonchev–Trinajstić information content (AvgIpc) is 3.20. The molecule has 4 aromatic carbocycles. The van der Waals surface area contributed by atoms with E-state index in [0.29, 0.717) is 0 Å². The minimum atomic E-state index is -1.18. The Morgan fingerprint density at radius 3 is 1.67 bits per heavy atom. The van der Waals surface area contributed by atoms with Gasteiger partial charge in [0.15, 0.2) is 0 Å². The fourth-order valence-electron chi connectivity index (χ4n) is 6.10. The maximum atomic E-state index is 11.3. The topological polar surface area (TPSA) is 80.3 Å². The third kappa shape index (κ3) is 8.55. The van der Waals surface area contributed by atoms with E-state index in [0.717, 1.165) is 72.2 Å².